The first-order valence-electron chi connectivity index (χ1n) is 5.59. The van der Waals surface area contributed by atoms with Crippen LogP contribution in [0, 0.1) is 6.92 Å². The second-order valence-electron chi connectivity index (χ2n) is 3.89. The fourth-order valence-corrected chi connectivity index (χ4v) is 1.84. The molecule has 2 rings (SSSR count). The minimum absolute atomic E-state index is 0.157. The van der Waals surface area contributed by atoms with Crippen molar-refractivity contribution in [3.05, 3.63) is 35.7 Å². The van der Waals surface area contributed by atoms with E-state index >= 15 is 0 Å². The molecule has 0 atom stereocenters. The molecular weight excluding hydrogens is 248 g/mol. The van der Waals surface area contributed by atoms with E-state index in [1.54, 1.807) is 32.2 Å². The molecule has 0 saturated heterocycles. The van der Waals surface area contributed by atoms with Gasteiger partial charge in [-0.3, -0.25) is 0 Å². The van der Waals surface area contributed by atoms with E-state index in [-0.39, 0.29) is 5.56 Å². The minimum atomic E-state index is -1.01. The summed E-state index contributed by atoms with van der Waals surface area (Å²) in [5.74, 6) is 0.0556. The molecule has 0 bridgehead atoms. The van der Waals surface area contributed by atoms with Gasteiger partial charge in [0.1, 0.15) is 11.3 Å². The molecule has 0 amide bonds. The molecule has 100 valence electrons. The average Bonchev–Trinajstić information content (AvgIpc) is 2.79. The zero-order valence-electron chi connectivity index (χ0n) is 10.9. The van der Waals surface area contributed by atoms with Gasteiger partial charge in [0.05, 0.1) is 19.9 Å². The topological polar surface area (TPSA) is 73.6 Å². The number of carboxylic acid groups (broad SMARTS) is 1. The summed E-state index contributed by atoms with van der Waals surface area (Å²) < 4.78 is 12.0. The molecule has 0 fully saturated rings. The number of ether oxygens (including phenoxy) is 2. The highest BCUT2D eigenvalue weighted by Gasteiger charge is 2.16. The van der Waals surface area contributed by atoms with E-state index in [9.17, 15) is 4.79 Å². The summed E-state index contributed by atoms with van der Waals surface area (Å²) in [6, 6.07) is 5.32. The number of aromatic nitrogens is 2. The number of methoxy groups -OCH3 is 2. The van der Waals surface area contributed by atoms with Gasteiger partial charge in [-0.05, 0) is 19.1 Å². The Balaban J connectivity index is 2.59. The van der Waals surface area contributed by atoms with Crippen LogP contribution >= 0.6 is 0 Å². The number of aryl methyl sites for hydroxylation is 1. The molecule has 1 aromatic heterocycles. The van der Waals surface area contributed by atoms with Gasteiger partial charge in [-0.25, -0.2) is 9.48 Å². The lowest BCUT2D eigenvalue weighted by atomic mass is 10.2. The van der Waals surface area contributed by atoms with Gasteiger partial charge in [0.2, 0.25) is 0 Å². The van der Waals surface area contributed by atoms with Crippen molar-refractivity contribution in [2.24, 2.45) is 0 Å². The maximum atomic E-state index is 11.0. The first kappa shape index (κ1) is 12.9. The van der Waals surface area contributed by atoms with E-state index in [1.165, 1.54) is 18.0 Å². The normalized spacial score (nSPS) is 10.3. The van der Waals surface area contributed by atoms with Crippen LogP contribution in [-0.2, 0) is 0 Å². The van der Waals surface area contributed by atoms with Crippen LogP contribution in [0.3, 0.4) is 0 Å². The molecule has 0 unspecified atom stereocenters. The molecule has 0 spiro atoms. The molecule has 0 aliphatic carbocycles. The molecule has 0 saturated carbocycles. The number of nitrogens with zero attached hydrogens (tertiary/aromatic N) is 2. The standard InChI is InChI=1S/C13H14N2O4/c1-8-9(13(16)17)7-15(14-8)10-5-4-6-11(18-2)12(10)19-3/h4-7H,1-3H3,(H,16,17). The molecule has 1 aromatic carbocycles. The SMILES string of the molecule is COc1cccc(-n2cc(C(=O)O)c(C)n2)c1OC. The Morgan fingerprint density at radius 1 is 1.32 bits per heavy atom. The lowest BCUT2D eigenvalue weighted by Crippen LogP contribution is -2.00. The fraction of sp³-hybridized carbons (Fsp3) is 0.231. The van der Waals surface area contributed by atoms with Crippen LogP contribution in [-0.4, -0.2) is 35.1 Å². The van der Waals surface area contributed by atoms with Crippen molar-refractivity contribution in [2.75, 3.05) is 14.2 Å². The lowest BCUT2D eigenvalue weighted by Gasteiger charge is -2.12. The van der Waals surface area contributed by atoms with Crippen LogP contribution in [0.4, 0.5) is 0 Å². The Morgan fingerprint density at radius 2 is 2.05 bits per heavy atom. The first-order chi connectivity index (χ1) is 9.08. The van der Waals surface area contributed by atoms with Crippen molar-refractivity contribution in [1.29, 1.82) is 0 Å². The van der Waals surface area contributed by atoms with Gasteiger partial charge >= 0.3 is 5.97 Å². The molecule has 1 N–H and O–H groups in total. The zero-order chi connectivity index (χ0) is 14.0. The molecule has 0 radical (unpaired) electrons. The summed E-state index contributed by atoms with van der Waals surface area (Å²) in [4.78, 5) is 11.0. The first-order valence-corrected chi connectivity index (χ1v) is 5.59. The van der Waals surface area contributed by atoms with Crippen LogP contribution in [0.5, 0.6) is 11.5 Å². The van der Waals surface area contributed by atoms with Crippen molar-refractivity contribution in [1.82, 2.24) is 9.78 Å². The van der Waals surface area contributed by atoms with Gasteiger partial charge in [-0.1, -0.05) is 6.07 Å². The van der Waals surface area contributed by atoms with E-state index < -0.39 is 5.97 Å². The van der Waals surface area contributed by atoms with E-state index in [2.05, 4.69) is 5.10 Å². The van der Waals surface area contributed by atoms with Crippen LogP contribution in [0.25, 0.3) is 5.69 Å². The Morgan fingerprint density at radius 3 is 2.58 bits per heavy atom. The van der Waals surface area contributed by atoms with Crippen LogP contribution in [0.15, 0.2) is 24.4 Å². The third-order valence-electron chi connectivity index (χ3n) is 2.76. The molecule has 0 aliphatic rings. The smallest absolute Gasteiger partial charge is 0.339 e. The number of para-hydroxylation sites is 1. The number of aromatic carboxylic acids is 1. The van der Waals surface area contributed by atoms with Gasteiger partial charge in [-0.15, -0.1) is 0 Å². The van der Waals surface area contributed by atoms with Gasteiger partial charge in [0, 0.05) is 6.20 Å². The Bertz CT molecular complexity index is 619. The molecule has 6 heteroatoms. The third-order valence-corrected chi connectivity index (χ3v) is 2.76. The minimum Gasteiger partial charge on any atom is -0.493 e. The summed E-state index contributed by atoms with van der Waals surface area (Å²) in [5, 5.41) is 13.2. The Kier molecular flexibility index (Phi) is 3.41. The maximum Gasteiger partial charge on any atom is 0.339 e. The van der Waals surface area contributed by atoms with E-state index in [0.29, 0.717) is 22.9 Å². The Hall–Kier alpha value is -2.50. The van der Waals surface area contributed by atoms with Crippen molar-refractivity contribution in [3.8, 4) is 17.2 Å². The van der Waals surface area contributed by atoms with Crippen molar-refractivity contribution < 1.29 is 19.4 Å². The van der Waals surface area contributed by atoms with Crippen LogP contribution in [0.1, 0.15) is 16.1 Å². The van der Waals surface area contributed by atoms with Gasteiger partial charge < -0.3 is 14.6 Å². The fourth-order valence-electron chi connectivity index (χ4n) is 1.84. The van der Waals surface area contributed by atoms with Crippen LogP contribution < -0.4 is 9.47 Å². The van der Waals surface area contributed by atoms with Gasteiger partial charge in [-0.2, -0.15) is 5.10 Å². The number of hydrogen-bond acceptors (Lipinski definition) is 4. The van der Waals surface area contributed by atoms with E-state index in [0.717, 1.165) is 0 Å². The number of benzene rings is 1. The second kappa shape index (κ2) is 5.01. The lowest BCUT2D eigenvalue weighted by molar-refractivity contribution is 0.0696. The number of rotatable bonds is 4. The molecule has 2 aromatic rings. The predicted octanol–water partition coefficient (Wildman–Crippen LogP) is 1.90. The summed E-state index contributed by atoms with van der Waals surface area (Å²) in [6.07, 6.45) is 1.45. The van der Waals surface area contributed by atoms with Gasteiger partial charge in [0.25, 0.3) is 0 Å². The summed E-state index contributed by atoms with van der Waals surface area (Å²) >= 11 is 0. The monoisotopic (exact) mass is 262 g/mol. The third kappa shape index (κ3) is 2.24. The summed E-state index contributed by atoms with van der Waals surface area (Å²) in [6.45, 7) is 1.65. The number of carbonyl (C=O) groups is 1. The van der Waals surface area contributed by atoms with Crippen molar-refractivity contribution >= 4 is 5.97 Å². The molecular formula is C13H14N2O4. The summed E-state index contributed by atoms with van der Waals surface area (Å²) in [5.41, 5.74) is 1.22. The molecule has 0 aliphatic heterocycles. The molecule has 1 heterocycles. The average molecular weight is 262 g/mol. The van der Waals surface area contributed by atoms with Gasteiger partial charge in [0.15, 0.2) is 11.5 Å². The van der Waals surface area contributed by atoms with E-state index in [1.807, 2.05) is 0 Å². The zero-order valence-corrected chi connectivity index (χ0v) is 10.9. The quantitative estimate of drug-likeness (QED) is 0.910. The largest absolute Gasteiger partial charge is 0.493 e. The maximum absolute atomic E-state index is 11.0. The highest BCUT2D eigenvalue weighted by atomic mass is 16.5. The number of carboxylic acids is 1. The van der Waals surface area contributed by atoms with Crippen molar-refractivity contribution in [3.63, 3.8) is 0 Å². The summed E-state index contributed by atoms with van der Waals surface area (Å²) in [7, 11) is 3.06. The highest BCUT2D eigenvalue weighted by Crippen LogP contribution is 2.33. The molecule has 6 nitrogen and oxygen atoms in total. The predicted molar refractivity (Wildman–Crippen MR) is 68.4 cm³/mol. The second-order valence-corrected chi connectivity index (χ2v) is 3.89. The van der Waals surface area contributed by atoms with Crippen molar-refractivity contribution in [2.45, 2.75) is 6.92 Å². The van der Waals surface area contributed by atoms with Crippen LogP contribution in [0.2, 0.25) is 0 Å². The van der Waals surface area contributed by atoms with E-state index in [4.69, 9.17) is 14.6 Å². The molecule has 19 heavy (non-hydrogen) atoms. The number of hydrogen-bond donors (Lipinski definition) is 1. The Labute approximate surface area is 110 Å². The highest BCUT2D eigenvalue weighted by molar-refractivity contribution is 5.88.